The standard InChI is InChI=1S/C16H22N6O2.HI/c1-23-12-7-6-11(9-13(12)24-2)19-16(17)18-10-15-21-20-14-5-3-4-8-22(14)15;/h6-7,9H,3-5,8,10H2,1-2H3,(H3,17,18,19);1H. The van der Waals surface area contributed by atoms with E-state index in [-0.39, 0.29) is 24.0 Å². The van der Waals surface area contributed by atoms with Gasteiger partial charge < -0.3 is 25.1 Å². The maximum Gasteiger partial charge on any atom is 0.193 e. The highest BCUT2D eigenvalue weighted by Crippen LogP contribution is 2.29. The molecule has 3 rings (SSSR count). The maximum atomic E-state index is 5.97. The molecule has 3 N–H and O–H groups in total. The third-order valence-electron chi connectivity index (χ3n) is 3.98. The van der Waals surface area contributed by atoms with Crippen molar-refractivity contribution in [3.8, 4) is 11.5 Å². The Morgan fingerprint density at radius 3 is 2.80 bits per heavy atom. The Morgan fingerprint density at radius 1 is 1.24 bits per heavy atom. The SMILES string of the molecule is COc1ccc(NC(N)=NCc2nnc3n2CCCC3)cc1OC.I. The number of ether oxygens (including phenoxy) is 2. The number of aryl methyl sites for hydroxylation is 1. The summed E-state index contributed by atoms with van der Waals surface area (Å²) in [5.41, 5.74) is 6.75. The van der Waals surface area contributed by atoms with Crippen LogP contribution in [0.1, 0.15) is 24.5 Å². The Hall–Kier alpha value is -2.04. The van der Waals surface area contributed by atoms with Crippen LogP contribution in [0.5, 0.6) is 11.5 Å². The van der Waals surface area contributed by atoms with E-state index in [4.69, 9.17) is 15.2 Å². The average molecular weight is 458 g/mol. The quantitative estimate of drug-likeness (QED) is 0.405. The first-order chi connectivity index (χ1) is 11.7. The molecular formula is C16H23IN6O2. The first-order valence-corrected chi connectivity index (χ1v) is 7.91. The summed E-state index contributed by atoms with van der Waals surface area (Å²) in [7, 11) is 3.19. The van der Waals surface area contributed by atoms with E-state index >= 15 is 0 Å². The molecule has 1 aliphatic rings. The van der Waals surface area contributed by atoms with Crippen molar-refractivity contribution in [3.63, 3.8) is 0 Å². The van der Waals surface area contributed by atoms with Gasteiger partial charge in [-0.05, 0) is 25.0 Å². The van der Waals surface area contributed by atoms with Gasteiger partial charge in [0.2, 0.25) is 0 Å². The van der Waals surface area contributed by atoms with Crippen LogP contribution in [-0.2, 0) is 19.5 Å². The van der Waals surface area contributed by atoms with Gasteiger partial charge in [0.1, 0.15) is 12.4 Å². The van der Waals surface area contributed by atoms with Crippen molar-refractivity contribution >= 4 is 35.6 Å². The molecule has 0 saturated carbocycles. The van der Waals surface area contributed by atoms with Crippen molar-refractivity contribution in [2.75, 3.05) is 19.5 Å². The Bertz CT molecular complexity index is 746. The number of guanidine groups is 1. The number of aliphatic imine (C=N–C) groups is 1. The number of fused-ring (bicyclic) bond motifs is 1. The predicted molar refractivity (Wildman–Crippen MR) is 107 cm³/mol. The van der Waals surface area contributed by atoms with Crippen LogP contribution in [0.25, 0.3) is 0 Å². The molecule has 0 amide bonds. The molecule has 2 heterocycles. The van der Waals surface area contributed by atoms with Crippen LogP contribution in [0, 0.1) is 0 Å². The van der Waals surface area contributed by atoms with E-state index in [0.29, 0.717) is 24.0 Å². The number of aromatic nitrogens is 3. The first kappa shape index (κ1) is 19.3. The van der Waals surface area contributed by atoms with E-state index in [1.807, 2.05) is 12.1 Å². The number of hydrogen-bond acceptors (Lipinski definition) is 5. The van der Waals surface area contributed by atoms with Gasteiger partial charge in [-0.25, -0.2) is 4.99 Å². The minimum absolute atomic E-state index is 0. The Morgan fingerprint density at radius 2 is 2.04 bits per heavy atom. The molecule has 136 valence electrons. The molecule has 25 heavy (non-hydrogen) atoms. The van der Waals surface area contributed by atoms with Gasteiger partial charge in [0.25, 0.3) is 0 Å². The monoisotopic (exact) mass is 458 g/mol. The molecule has 1 aromatic heterocycles. The van der Waals surface area contributed by atoms with E-state index in [1.165, 1.54) is 6.42 Å². The van der Waals surface area contributed by atoms with Crippen LogP contribution in [-0.4, -0.2) is 34.9 Å². The average Bonchev–Trinajstić information content (AvgIpc) is 3.03. The second-order valence-corrected chi connectivity index (χ2v) is 5.54. The molecule has 0 spiro atoms. The topological polar surface area (TPSA) is 99.6 Å². The van der Waals surface area contributed by atoms with Gasteiger partial charge >= 0.3 is 0 Å². The van der Waals surface area contributed by atoms with E-state index in [9.17, 15) is 0 Å². The van der Waals surface area contributed by atoms with E-state index in [2.05, 4.69) is 25.1 Å². The van der Waals surface area contributed by atoms with Crippen molar-refractivity contribution in [2.45, 2.75) is 32.4 Å². The highest BCUT2D eigenvalue weighted by molar-refractivity contribution is 14.0. The molecule has 8 nitrogen and oxygen atoms in total. The minimum Gasteiger partial charge on any atom is -0.493 e. The fourth-order valence-electron chi connectivity index (χ4n) is 2.74. The van der Waals surface area contributed by atoms with E-state index in [1.54, 1.807) is 20.3 Å². The lowest BCUT2D eigenvalue weighted by atomic mass is 10.2. The van der Waals surface area contributed by atoms with Crippen molar-refractivity contribution in [1.29, 1.82) is 0 Å². The Labute approximate surface area is 163 Å². The number of nitrogens with one attached hydrogen (secondary N) is 1. The van der Waals surface area contributed by atoms with Gasteiger partial charge in [-0.2, -0.15) is 0 Å². The lowest BCUT2D eigenvalue weighted by Gasteiger charge is -2.14. The summed E-state index contributed by atoms with van der Waals surface area (Å²) in [6.07, 6.45) is 3.31. The number of nitrogens with zero attached hydrogens (tertiary/aromatic N) is 4. The molecule has 0 fully saturated rings. The molecule has 9 heteroatoms. The highest BCUT2D eigenvalue weighted by Gasteiger charge is 2.15. The Balaban J connectivity index is 0.00000225. The molecule has 1 aliphatic heterocycles. The smallest absolute Gasteiger partial charge is 0.193 e. The third-order valence-corrected chi connectivity index (χ3v) is 3.98. The number of halogens is 1. The summed E-state index contributed by atoms with van der Waals surface area (Å²) >= 11 is 0. The Kier molecular flexibility index (Phi) is 6.85. The van der Waals surface area contributed by atoms with E-state index < -0.39 is 0 Å². The molecule has 0 unspecified atom stereocenters. The first-order valence-electron chi connectivity index (χ1n) is 7.91. The van der Waals surface area contributed by atoms with Crippen LogP contribution in [0.3, 0.4) is 0 Å². The van der Waals surface area contributed by atoms with Gasteiger partial charge in [-0.3, -0.25) is 0 Å². The summed E-state index contributed by atoms with van der Waals surface area (Å²) in [4.78, 5) is 4.36. The van der Waals surface area contributed by atoms with Gasteiger partial charge in [0, 0.05) is 24.7 Å². The van der Waals surface area contributed by atoms with E-state index in [0.717, 1.165) is 36.7 Å². The largest absolute Gasteiger partial charge is 0.493 e. The minimum atomic E-state index is 0. The predicted octanol–water partition coefficient (Wildman–Crippen LogP) is 2.18. The number of benzene rings is 1. The zero-order valence-corrected chi connectivity index (χ0v) is 16.7. The second-order valence-electron chi connectivity index (χ2n) is 5.54. The van der Waals surface area contributed by atoms with Crippen LogP contribution < -0.4 is 20.5 Å². The fourth-order valence-corrected chi connectivity index (χ4v) is 2.74. The van der Waals surface area contributed by atoms with Crippen LogP contribution in [0.15, 0.2) is 23.2 Å². The number of nitrogens with two attached hydrogens (primary N) is 1. The second kappa shape index (κ2) is 8.88. The highest BCUT2D eigenvalue weighted by atomic mass is 127. The van der Waals surface area contributed by atoms with Crippen molar-refractivity contribution in [1.82, 2.24) is 14.8 Å². The van der Waals surface area contributed by atoms with Crippen LogP contribution in [0.2, 0.25) is 0 Å². The summed E-state index contributed by atoms with van der Waals surface area (Å²) in [6.45, 7) is 1.36. The molecule has 1 aromatic carbocycles. The maximum absolute atomic E-state index is 5.97. The zero-order valence-electron chi connectivity index (χ0n) is 14.4. The number of anilines is 1. The lowest BCUT2D eigenvalue weighted by Crippen LogP contribution is -2.23. The molecular weight excluding hydrogens is 435 g/mol. The molecule has 0 atom stereocenters. The molecule has 2 aromatic rings. The normalized spacial score (nSPS) is 13.6. The van der Waals surface area contributed by atoms with Gasteiger partial charge in [0.15, 0.2) is 23.3 Å². The van der Waals surface area contributed by atoms with Crippen LogP contribution >= 0.6 is 24.0 Å². The lowest BCUT2D eigenvalue weighted by molar-refractivity contribution is 0.355. The molecule has 0 saturated heterocycles. The van der Waals surface area contributed by atoms with Gasteiger partial charge in [-0.1, -0.05) is 0 Å². The van der Waals surface area contributed by atoms with Gasteiger partial charge in [0.05, 0.1) is 14.2 Å². The van der Waals surface area contributed by atoms with Crippen LogP contribution in [0.4, 0.5) is 5.69 Å². The summed E-state index contributed by atoms with van der Waals surface area (Å²) < 4.78 is 12.6. The molecule has 0 bridgehead atoms. The summed E-state index contributed by atoms with van der Waals surface area (Å²) in [5, 5.41) is 11.5. The fraction of sp³-hybridized carbons (Fsp3) is 0.438. The summed E-state index contributed by atoms with van der Waals surface area (Å²) in [6, 6.07) is 5.46. The van der Waals surface area contributed by atoms with Gasteiger partial charge in [-0.15, -0.1) is 34.2 Å². The number of hydrogen-bond donors (Lipinski definition) is 2. The number of methoxy groups -OCH3 is 2. The number of rotatable bonds is 5. The summed E-state index contributed by atoms with van der Waals surface area (Å²) in [5.74, 6) is 3.49. The molecule has 0 radical (unpaired) electrons. The van der Waals surface area contributed by atoms with Crippen molar-refractivity contribution in [2.24, 2.45) is 10.7 Å². The molecule has 0 aliphatic carbocycles. The third kappa shape index (κ3) is 4.53. The zero-order chi connectivity index (χ0) is 16.9. The van der Waals surface area contributed by atoms with Crippen molar-refractivity contribution < 1.29 is 9.47 Å². The van der Waals surface area contributed by atoms with Crippen molar-refractivity contribution in [3.05, 3.63) is 29.8 Å².